The topological polar surface area (TPSA) is 116 Å². The molecule has 1 heterocycles. The highest BCUT2D eigenvalue weighted by molar-refractivity contribution is 7.89. The van der Waals surface area contributed by atoms with Gasteiger partial charge in [0, 0.05) is 24.7 Å². The molecule has 1 fully saturated rings. The number of nitrogens with zero attached hydrogens (tertiary/aromatic N) is 2. The summed E-state index contributed by atoms with van der Waals surface area (Å²) < 4.78 is 25.7. The van der Waals surface area contributed by atoms with E-state index in [2.05, 4.69) is 10.6 Å². The maximum absolute atomic E-state index is 13.0. The van der Waals surface area contributed by atoms with Crippen molar-refractivity contribution in [2.45, 2.75) is 17.4 Å². The molecule has 12 heteroatoms. The number of hydrogen-bond donors (Lipinski definition) is 2. The van der Waals surface area contributed by atoms with E-state index in [4.69, 9.17) is 23.2 Å². The maximum atomic E-state index is 13.0. The number of amides is 4. The number of benzene rings is 2. The van der Waals surface area contributed by atoms with E-state index in [-0.39, 0.29) is 15.6 Å². The van der Waals surface area contributed by atoms with Gasteiger partial charge in [0.2, 0.25) is 15.9 Å². The van der Waals surface area contributed by atoms with Gasteiger partial charge in [-0.25, -0.2) is 17.5 Å². The minimum absolute atomic E-state index is 0.0283. The molecule has 0 unspecified atom stereocenters. The van der Waals surface area contributed by atoms with Crippen molar-refractivity contribution in [3.63, 3.8) is 0 Å². The second-order valence-electron chi connectivity index (χ2n) is 7.40. The highest BCUT2D eigenvalue weighted by atomic mass is 35.5. The van der Waals surface area contributed by atoms with Crippen molar-refractivity contribution in [2.24, 2.45) is 0 Å². The van der Waals surface area contributed by atoms with Crippen LogP contribution in [0.1, 0.15) is 12.5 Å². The molecule has 1 aliphatic heterocycles. The molecule has 1 saturated heterocycles. The molecule has 32 heavy (non-hydrogen) atoms. The van der Waals surface area contributed by atoms with E-state index < -0.39 is 40.0 Å². The van der Waals surface area contributed by atoms with Crippen LogP contribution in [0.2, 0.25) is 10.0 Å². The lowest BCUT2D eigenvalue weighted by Crippen LogP contribution is -2.42. The predicted molar refractivity (Wildman–Crippen MR) is 120 cm³/mol. The van der Waals surface area contributed by atoms with Crippen molar-refractivity contribution in [3.05, 3.63) is 58.1 Å². The van der Waals surface area contributed by atoms with Crippen LogP contribution in [0.15, 0.2) is 47.4 Å². The summed E-state index contributed by atoms with van der Waals surface area (Å²) in [5, 5.41) is 5.41. The lowest BCUT2D eigenvalue weighted by molar-refractivity contribution is -0.133. The van der Waals surface area contributed by atoms with Gasteiger partial charge in [-0.15, -0.1) is 0 Å². The molecule has 2 aromatic carbocycles. The zero-order valence-corrected chi connectivity index (χ0v) is 19.7. The number of sulfonamides is 1. The third-order valence-electron chi connectivity index (χ3n) is 4.98. The van der Waals surface area contributed by atoms with Gasteiger partial charge in [-0.1, -0.05) is 41.4 Å². The first-order valence-corrected chi connectivity index (χ1v) is 11.5. The third-order valence-corrected chi connectivity index (χ3v) is 7.45. The minimum Gasteiger partial charge on any atom is -0.323 e. The van der Waals surface area contributed by atoms with Crippen molar-refractivity contribution >= 4 is 56.8 Å². The molecule has 0 saturated carbocycles. The number of rotatable bonds is 6. The molecular formula is C20H20Cl2N4O5S. The fourth-order valence-electron chi connectivity index (χ4n) is 3.19. The summed E-state index contributed by atoms with van der Waals surface area (Å²) in [5.74, 6) is -1.39. The smallest absolute Gasteiger partial charge is 0.323 e. The number of urea groups is 1. The Balaban J connectivity index is 1.81. The average Bonchev–Trinajstić information content (AvgIpc) is 2.93. The number of imide groups is 1. The van der Waals surface area contributed by atoms with E-state index in [1.165, 1.54) is 39.2 Å². The molecule has 2 aromatic rings. The van der Waals surface area contributed by atoms with Crippen LogP contribution < -0.4 is 10.6 Å². The lowest BCUT2D eigenvalue weighted by atomic mass is 9.92. The van der Waals surface area contributed by atoms with Gasteiger partial charge >= 0.3 is 6.03 Å². The molecule has 0 aromatic heterocycles. The van der Waals surface area contributed by atoms with Gasteiger partial charge in [-0.05, 0) is 31.2 Å². The van der Waals surface area contributed by atoms with E-state index in [1.54, 1.807) is 24.3 Å². The van der Waals surface area contributed by atoms with Crippen LogP contribution in [-0.2, 0) is 25.2 Å². The second kappa shape index (κ2) is 8.70. The molecule has 3 rings (SSSR count). The Kier molecular flexibility index (Phi) is 6.52. The first-order chi connectivity index (χ1) is 14.9. The van der Waals surface area contributed by atoms with Crippen LogP contribution in [0.3, 0.4) is 0 Å². The third kappa shape index (κ3) is 4.31. The quantitative estimate of drug-likeness (QED) is 0.593. The predicted octanol–water partition coefficient (Wildman–Crippen LogP) is 2.65. The molecular weight excluding hydrogens is 479 g/mol. The van der Waals surface area contributed by atoms with Gasteiger partial charge < -0.3 is 10.6 Å². The zero-order valence-electron chi connectivity index (χ0n) is 17.3. The average molecular weight is 499 g/mol. The summed E-state index contributed by atoms with van der Waals surface area (Å²) in [4.78, 5) is 38.7. The fraction of sp³-hybridized carbons (Fsp3) is 0.250. The molecule has 0 spiro atoms. The normalized spacial score (nSPS) is 18.8. The Hall–Kier alpha value is -2.66. The maximum Gasteiger partial charge on any atom is 0.325 e. The molecule has 1 aliphatic rings. The molecule has 0 aliphatic carbocycles. The molecule has 170 valence electrons. The van der Waals surface area contributed by atoms with Crippen LogP contribution in [0.5, 0.6) is 0 Å². The second-order valence-corrected chi connectivity index (χ2v) is 10.4. The number of halogens is 2. The Morgan fingerprint density at radius 2 is 1.78 bits per heavy atom. The molecule has 0 radical (unpaired) electrons. The molecule has 1 atom stereocenters. The summed E-state index contributed by atoms with van der Waals surface area (Å²) in [7, 11) is -1.02. The van der Waals surface area contributed by atoms with Crippen LogP contribution in [0.25, 0.3) is 0 Å². The molecule has 2 N–H and O–H groups in total. The van der Waals surface area contributed by atoms with Crippen LogP contribution >= 0.6 is 23.2 Å². The summed E-state index contributed by atoms with van der Waals surface area (Å²) in [6.07, 6.45) is 0. The molecule has 4 amide bonds. The fourth-order valence-corrected chi connectivity index (χ4v) is 4.61. The molecule has 0 bridgehead atoms. The Morgan fingerprint density at radius 1 is 1.12 bits per heavy atom. The highest BCUT2D eigenvalue weighted by Crippen LogP contribution is 2.33. The lowest BCUT2D eigenvalue weighted by Gasteiger charge is -2.23. The first-order valence-electron chi connectivity index (χ1n) is 9.29. The van der Waals surface area contributed by atoms with Gasteiger partial charge in [0.15, 0.2) is 0 Å². The van der Waals surface area contributed by atoms with Crippen molar-refractivity contribution in [1.82, 2.24) is 14.5 Å². The van der Waals surface area contributed by atoms with Crippen LogP contribution in [0, 0.1) is 0 Å². The summed E-state index contributed by atoms with van der Waals surface area (Å²) in [5.41, 5.74) is -1.01. The monoisotopic (exact) mass is 498 g/mol. The van der Waals surface area contributed by atoms with E-state index in [0.29, 0.717) is 10.6 Å². The zero-order chi connectivity index (χ0) is 23.8. The van der Waals surface area contributed by atoms with E-state index in [1.807, 2.05) is 0 Å². The van der Waals surface area contributed by atoms with Crippen molar-refractivity contribution in [2.75, 3.05) is 26.0 Å². The van der Waals surface area contributed by atoms with Gasteiger partial charge in [0.25, 0.3) is 5.91 Å². The number of nitrogens with one attached hydrogen (secondary N) is 2. The van der Waals surface area contributed by atoms with Gasteiger partial charge in [0.1, 0.15) is 12.1 Å². The van der Waals surface area contributed by atoms with Crippen LogP contribution in [0.4, 0.5) is 10.5 Å². The van der Waals surface area contributed by atoms with Crippen molar-refractivity contribution in [1.29, 1.82) is 0 Å². The summed E-state index contributed by atoms with van der Waals surface area (Å²) in [6, 6.07) is 9.65. The highest BCUT2D eigenvalue weighted by Gasteiger charge is 2.50. The largest absolute Gasteiger partial charge is 0.325 e. The van der Waals surface area contributed by atoms with Gasteiger partial charge in [0.05, 0.1) is 15.6 Å². The summed E-state index contributed by atoms with van der Waals surface area (Å²) >= 11 is 12.3. The van der Waals surface area contributed by atoms with Crippen LogP contribution in [-0.4, -0.2) is 56.1 Å². The standard InChI is InChI=1S/C20H20Cl2N4O5S/c1-20(13-6-4-5-7-14(13)21)18(28)26(19(29)24-20)11-17(27)23-16-10-12(8-9-15(16)22)32(30,31)25(2)3/h4-10H,11H2,1-3H3,(H,23,27)(H,24,29)/t20-/m0/s1. The number of carbonyl (C=O) groups is 3. The Labute approximate surface area is 195 Å². The van der Waals surface area contributed by atoms with E-state index in [0.717, 1.165) is 9.21 Å². The Bertz CT molecular complexity index is 1220. The SMILES string of the molecule is CN(C)S(=O)(=O)c1ccc(Cl)c(NC(=O)CN2C(=O)N[C@@](C)(c3ccccc3Cl)C2=O)c1. The molecule has 9 nitrogen and oxygen atoms in total. The number of hydrogen-bond acceptors (Lipinski definition) is 5. The first kappa shape index (κ1) is 24.0. The van der Waals surface area contributed by atoms with Gasteiger partial charge in [-0.2, -0.15) is 0 Å². The van der Waals surface area contributed by atoms with E-state index in [9.17, 15) is 22.8 Å². The van der Waals surface area contributed by atoms with E-state index >= 15 is 0 Å². The summed E-state index contributed by atoms with van der Waals surface area (Å²) in [6.45, 7) is 0.893. The minimum atomic E-state index is -3.76. The number of carbonyl (C=O) groups excluding carboxylic acids is 3. The van der Waals surface area contributed by atoms with Crippen molar-refractivity contribution < 1.29 is 22.8 Å². The number of anilines is 1. The van der Waals surface area contributed by atoms with Gasteiger partial charge in [-0.3, -0.25) is 14.5 Å². The van der Waals surface area contributed by atoms with Crippen molar-refractivity contribution in [3.8, 4) is 0 Å². The Morgan fingerprint density at radius 3 is 2.41 bits per heavy atom.